The van der Waals surface area contributed by atoms with Crippen molar-refractivity contribution in [3.63, 3.8) is 0 Å². The van der Waals surface area contributed by atoms with E-state index >= 15 is 0 Å². The first-order valence-electron chi connectivity index (χ1n) is 5.08. The van der Waals surface area contributed by atoms with Crippen LogP contribution in [-0.2, 0) is 19.1 Å². The molecule has 0 aliphatic carbocycles. The second kappa shape index (κ2) is 6.72. The molecular weight excluding hydrogens is 230 g/mol. The third-order valence-corrected chi connectivity index (χ3v) is 1.70. The van der Waals surface area contributed by atoms with Crippen molar-refractivity contribution in [1.82, 2.24) is 4.90 Å². The second-order valence-electron chi connectivity index (χ2n) is 3.79. The van der Waals surface area contributed by atoms with Gasteiger partial charge in [0.25, 0.3) is 0 Å². The van der Waals surface area contributed by atoms with Gasteiger partial charge in [-0.2, -0.15) is 0 Å². The van der Waals surface area contributed by atoms with Crippen LogP contribution < -0.4 is 0 Å². The third kappa shape index (κ3) is 6.39. The molecular formula is C10H17NO6. The number of likely N-dealkylation sites (N-methyl/N-ethyl adjacent to an activating group) is 1. The van der Waals surface area contributed by atoms with Gasteiger partial charge < -0.3 is 19.5 Å². The van der Waals surface area contributed by atoms with E-state index in [1.54, 1.807) is 13.8 Å². The van der Waals surface area contributed by atoms with Gasteiger partial charge in [0.1, 0.15) is 6.54 Å². The van der Waals surface area contributed by atoms with Crippen molar-refractivity contribution < 1.29 is 29.0 Å². The van der Waals surface area contributed by atoms with Crippen molar-refractivity contribution >= 4 is 18.0 Å². The first-order chi connectivity index (χ1) is 7.73. The van der Waals surface area contributed by atoms with Crippen LogP contribution in [0.4, 0.5) is 4.79 Å². The van der Waals surface area contributed by atoms with Gasteiger partial charge in [0.2, 0.25) is 6.29 Å². The molecule has 0 heterocycles. The smallest absolute Gasteiger partial charge is 0.413 e. The zero-order valence-electron chi connectivity index (χ0n) is 10.3. The molecule has 0 radical (unpaired) electrons. The monoisotopic (exact) mass is 247 g/mol. The van der Waals surface area contributed by atoms with E-state index in [0.717, 1.165) is 4.90 Å². The quantitative estimate of drug-likeness (QED) is 0.567. The summed E-state index contributed by atoms with van der Waals surface area (Å²) in [6.07, 6.45) is -1.91. The minimum Gasteiger partial charge on any atom is -0.480 e. The number of nitrogens with zero attached hydrogens (tertiary/aromatic N) is 1. The molecule has 0 saturated heterocycles. The average Bonchev–Trinajstić information content (AvgIpc) is 2.15. The highest BCUT2D eigenvalue weighted by atomic mass is 16.7. The molecule has 7 nitrogen and oxygen atoms in total. The highest BCUT2D eigenvalue weighted by Gasteiger charge is 2.19. The summed E-state index contributed by atoms with van der Waals surface area (Å²) in [5.41, 5.74) is 0. The van der Waals surface area contributed by atoms with Crippen LogP contribution in [-0.4, -0.2) is 47.9 Å². The van der Waals surface area contributed by atoms with Gasteiger partial charge in [-0.15, -0.1) is 0 Å². The van der Waals surface area contributed by atoms with Crippen LogP contribution in [0, 0.1) is 5.92 Å². The number of rotatable bonds is 5. The summed E-state index contributed by atoms with van der Waals surface area (Å²) in [5.74, 6) is -1.98. The number of carboxylic acids is 1. The third-order valence-electron chi connectivity index (χ3n) is 1.70. The Labute approximate surface area is 99.3 Å². The lowest BCUT2D eigenvalue weighted by Gasteiger charge is -2.19. The van der Waals surface area contributed by atoms with E-state index in [9.17, 15) is 14.4 Å². The molecule has 0 aromatic rings. The van der Waals surface area contributed by atoms with Crippen molar-refractivity contribution in [2.75, 3.05) is 13.6 Å². The second-order valence-corrected chi connectivity index (χ2v) is 3.79. The Morgan fingerprint density at radius 2 is 1.71 bits per heavy atom. The molecule has 0 spiro atoms. The molecule has 1 N–H and O–H groups in total. The van der Waals surface area contributed by atoms with Crippen LogP contribution >= 0.6 is 0 Å². The van der Waals surface area contributed by atoms with Gasteiger partial charge in [0.05, 0.1) is 5.92 Å². The molecule has 0 bridgehead atoms. The lowest BCUT2D eigenvalue weighted by atomic mass is 10.2. The zero-order valence-corrected chi connectivity index (χ0v) is 10.3. The summed E-state index contributed by atoms with van der Waals surface area (Å²) in [6.45, 7) is 4.19. The number of hydrogen-bond acceptors (Lipinski definition) is 5. The topological polar surface area (TPSA) is 93.1 Å². The Balaban J connectivity index is 4.11. The number of carboxylic acid groups (broad SMARTS) is 1. The Kier molecular flexibility index (Phi) is 6.01. The molecule has 0 aromatic heterocycles. The van der Waals surface area contributed by atoms with Crippen molar-refractivity contribution in [2.24, 2.45) is 5.92 Å². The molecule has 17 heavy (non-hydrogen) atoms. The maximum Gasteiger partial charge on any atom is 0.413 e. The van der Waals surface area contributed by atoms with E-state index in [4.69, 9.17) is 14.6 Å². The summed E-state index contributed by atoms with van der Waals surface area (Å²) >= 11 is 0. The standard InChI is InChI=1S/C10H17NO6/c1-6(2)9(14)16-7(3)17-10(15)11(4)5-8(12)13/h6-7H,5H2,1-4H3,(H,12,13). The van der Waals surface area contributed by atoms with Gasteiger partial charge in [-0.05, 0) is 0 Å². The number of aliphatic carboxylic acids is 1. The fourth-order valence-electron chi connectivity index (χ4n) is 0.823. The molecule has 7 heteroatoms. The van der Waals surface area contributed by atoms with E-state index < -0.39 is 30.9 Å². The van der Waals surface area contributed by atoms with Crippen LogP contribution in [0.3, 0.4) is 0 Å². The average molecular weight is 247 g/mol. The van der Waals surface area contributed by atoms with Gasteiger partial charge in [-0.3, -0.25) is 9.59 Å². The molecule has 98 valence electrons. The fourth-order valence-corrected chi connectivity index (χ4v) is 0.823. The van der Waals surface area contributed by atoms with Gasteiger partial charge in [-0.1, -0.05) is 13.8 Å². The van der Waals surface area contributed by atoms with E-state index in [2.05, 4.69) is 0 Å². The van der Waals surface area contributed by atoms with Gasteiger partial charge in [0.15, 0.2) is 0 Å². The Morgan fingerprint density at radius 3 is 2.12 bits per heavy atom. The van der Waals surface area contributed by atoms with E-state index in [1.165, 1.54) is 14.0 Å². The van der Waals surface area contributed by atoms with Crippen molar-refractivity contribution in [1.29, 1.82) is 0 Å². The Bertz CT molecular complexity index is 301. The number of carbonyl (C=O) groups excluding carboxylic acids is 2. The van der Waals surface area contributed by atoms with Gasteiger partial charge in [0, 0.05) is 14.0 Å². The van der Waals surface area contributed by atoms with E-state index in [0.29, 0.717) is 0 Å². The number of ether oxygens (including phenoxy) is 2. The number of amides is 1. The molecule has 1 amide bonds. The predicted molar refractivity (Wildman–Crippen MR) is 57.1 cm³/mol. The predicted octanol–water partition coefficient (Wildman–Crippen LogP) is 0.685. The fraction of sp³-hybridized carbons (Fsp3) is 0.700. The van der Waals surface area contributed by atoms with Crippen molar-refractivity contribution in [3.05, 3.63) is 0 Å². The van der Waals surface area contributed by atoms with Crippen molar-refractivity contribution in [3.8, 4) is 0 Å². The largest absolute Gasteiger partial charge is 0.480 e. The highest BCUT2D eigenvalue weighted by molar-refractivity contribution is 5.76. The summed E-state index contributed by atoms with van der Waals surface area (Å²) < 4.78 is 9.50. The molecule has 1 unspecified atom stereocenters. The lowest BCUT2D eigenvalue weighted by molar-refractivity contribution is -0.170. The molecule has 1 atom stereocenters. The number of hydrogen-bond donors (Lipinski definition) is 1. The van der Waals surface area contributed by atoms with E-state index in [-0.39, 0.29) is 5.92 Å². The summed E-state index contributed by atoms with van der Waals surface area (Å²) in [6, 6.07) is 0. The van der Waals surface area contributed by atoms with Gasteiger partial charge in [-0.25, -0.2) is 4.79 Å². The summed E-state index contributed by atoms with van der Waals surface area (Å²) in [7, 11) is 1.27. The summed E-state index contributed by atoms with van der Waals surface area (Å²) in [4.78, 5) is 33.6. The summed E-state index contributed by atoms with van der Waals surface area (Å²) in [5, 5.41) is 8.45. The minimum absolute atomic E-state index is 0.326. The first kappa shape index (κ1) is 15.2. The van der Waals surface area contributed by atoms with Crippen LogP contribution in [0.15, 0.2) is 0 Å². The Morgan fingerprint density at radius 1 is 1.18 bits per heavy atom. The van der Waals surface area contributed by atoms with Crippen LogP contribution in [0.25, 0.3) is 0 Å². The van der Waals surface area contributed by atoms with Gasteiger partial charge >= 0.3 is 18.0 Å². The molecule has 0 saturated carbocycles. The van der Waals surface area contributed by atoms with E-state index in [1.807, 2.05) is 0 Å². The zero-order chi connectivity index (χ0) is 13.6. The molecule has 0 aliphatic heterocycles. The molecule has 0 fully saturated rings. The van der Waals surface area contributed by atoms with Crippen molar-refractivity contribution in [2.45, 2.75) is 27.1 Å². The maximum atomic E-state index is 11.3. The maximum absolute atomic E-state index is 11.3. The number of carbonyl (C=O) groups is 3. The molecule has 0 aliphatic rings. The molecule has 0 aromatic carbocycles. The normalized spacial score (nSPS) is 11.8. The molecule has 0 rings (SSSR count). The number of esters is 1. The SMILES string of the molecule is CC(OC(=O)C(C)C)OC(=O)N(C)CC(=O)O. The van der Waals surface area contributed by atoms with Crippen LogP contribution in [0.2, 0.25) is 0 Å². The van der Waals surface area contributed by atoms with Crippen LogP contribution in [0.1, 0.15) is 20.8 Å². The minimum atomic E-state index is -1.16. The Hall–Kier alpha value is -1.79. The van der Waals surface area contributed by atoms with Crippen LogP contribution in [0.5, 0.6) is 0 Å². The first-order valence-corrected chi connectivity index (χ1v) is 5.08. The highest BCUT2D eigenvalue weighted by Crippen LogP contribution is 2.03. The lowest BCUT2D eigenvalue weighted by Crippen LogP contribution is -2.35.